The number of carbonyl (C=O) groups is 1. The van der Waals surface area contributed by atoms with E-state index in [1.54, 1.807) is 12.1 Å². The van der Waals surface area contributed by atoms with E-state index in [2.05, 4.69) is 21.2 Å². The maximum Gasteiger partial charge on any atom is 0.252 e. The summed E-state index contributed by atoms with van der Waals surface area (Å²) in [5.74, 6) is -0.0897. The molecule has 22 heavy (non-hydrogen) atoms. The molecule has 1 fully saturated rings. The van der Waals surface area contributed by atoms with Crippen molar-refractivity contribution in [2.75, 3.05) is 0 Å². The van der Waals surface area contributed by atoms with Crippen molar-refractivity contribution in [2.24, 2.45) is 0 Å². The highest BCUT2D eigenvalue weighted by molar-refractivity contribution is 9.10. The largest absolute Gasteiger partial charge is 0.508 e. The minimum atomic E-state index is -0.359. The van der Waals surface area contributed by atoms with Crippen LogP contribution in [-0.2, 0) is 5.54 Å². The lowest BCUT2D eigenvalue weighted by Crippen LogP contribution is -2.35. The number of hydrogen-bond acceptors (Lipinski definition) is 2. The van der Waals surface area contributed by atoms with Gasteiger partial charge in [0, 0.05) is 15.1 Å². The summed E-state index contributed by atoms with van der Waals surface area (Å²) in [4.78, 5) is 12.5. The highest BCUT2D eigenvalue weighted by Crippen LogP contribution is 2.47. The van der Waals surface area contributed by atoms with Gasteiger partial charge >= 0.3 is 0 Å². The van der Waals surface area contributed by atoms with Gasteiger partial charge in [0.15, 0.2) is 0 Å². The average Bonchev–Trinajstić information content (AvgIpc) is 3.21. The molecule has 5 heteroatoms. The molecule has 0 bridgehead atoms. The Morgan fingerprint density at radius 1 is 1.27 bits per heavy atom. The first-order valence-corrected chi connectivity index (χ1v) is 8.15. The van der Waals surface area contributed by atoms with E-state index >= 15 is 0 Å². The highest BCUT2D eigenvalue weighted by Gasteiger charge is 2.46. The SMILES string of the molecule is Cc1ccc(O)cc1C(=O)NC1(c2cc(Cl)cc(Br)c2)CC1. The van der Waals surface area contributed by atoms with Crippen LogP contribution in [0.5, 0.6) is 5.75 Å². The van der Waals surface area contributed by atoms with Crippen LogP contribution in [0.3, 0.4) is 0 Å². The zero-order valence-corrected chi connectivity index (χ0v) is 14.3. The fourth-order valence-electron chi connectivity index (χ4n) is 2.58. The molecule has 0 aliphatic heterocycles. The number of phenolic OH excluding ortho intramolecular Hbond substituents is 1. The Balaban J connectivity index is 1.88. The summed E-state index contributed by atoms with van der Waals surface area (Å²) < 4.78 is 0.893. The number of rotatable bonds is 3. The van der Waals surface area contributed by atoms with E-state index in [0.717, 1.165) is 28.4 Å². The molecular weight excluding hydrogens is 366 g/mol. The maximum atomic E-state index is 12.5. The number of aryl methyl sites for hydroxylation is 1. The number of aromatic hydroxyl groups is 1. The van der Waals surface area contributed by atoms with Crippen LogP contribution in [0, 0.1) is 6.92 Å². The van der Waals surface area contributed by atoms with Crippen molar-refractivity contribution in [3.63, 3.8) is 0 Å². The van der Waals surface area contributed by atoms with Crippen LogP contribution < -0.4 is 5.32 Å². The van der Waals surface area contributed by atoms with Gasteiger partial charge < -0.3 is 10.4 Å². The minimum absolute atomic E-state index is 0.0890. The van der Waals surface area contributed by atoms with Crippen LogP contribution in [-0.4, -0.2) is 11.0 Å². The van der Waals surface area contributed by atoms with Crippen molar-refractivity contribution in [3.8, 4) is 5.75 Å². The molecule has 0 aromatic heterocycles. The smallest absolute Gasteiger partial charge is 0.252 e. The van der Waals surface area contributed by atoms with Crippen molar-refractivity contribution in [1.82, 2.24) is 5.32 Å². The van der Waals surface area contributed by atoms with E-state index < -0.39 is 0 Å². The van der Waals surface area contributed by atoms with Crippen molar-refractivity contribution >= 4 is 33.4 Å². The zero-order chi connectivity index (χ0) is 15.9. The minimum Gasteiger partial charge on any atom is -0.508 e. The van der Waals surface area contributed by atoms with Crippen LogP contribution >= 0.6 is 27.5 Å². The summed E-state index contributed by atoms with van der Waals surface area (Å²) in [5, 5.41) is 13.3. The third-order valence-corrected chi connectivity index (χ3v) is 4.66. The summed E-state index contributed by atoms with van der Waals surface area (Å²) >= 11 is 9.54. The first-order valence-electron chi connectivity index (χ1n) is 6.98. The number of amides is 1. The first kappa shape index (κ1) is 15.4. The van der Waals surface area contributed by atoms with Crippen molar-refractivity contribution in [3.05, 3.63) is 62.6 Å². The van der Waals surface area contributed by atoms with Crippen LogP contribution in [0.1, 0.15) is 34.3 Å². The fraction of sp³-hybridized carbons (Fsp3) is 0.235. The Labute approximate surface area is 142 Å². The number of hydrogen-bond donors (Lipinski definition) is 2. The standard InChI is InChI=1S/C17H15BrClNO2/c1-10-2-3-14(21)9-15(10)16(22)20-17(4-5-17)11-6-12(18)8-13(19)7-11/h2-3,6-9,21H,4-5H2,1H3,(H,20,22). The van der Waals surface area contributed by atoms with Gasteiger partial charge in [0.05, 0.1) is 5.54 Å². The first-order chi connectivity index (χ1) is 10.4. The van der Waals surface area contributed by atoms with Crippen LogP contribution in [0.2, 0.25) is 5.02 Å². The monoisotopic (exact) mass is 379 g/mol. The molecule has 0 atom stereocenters. The maximum absolute atomic E-state index is 12.5. The Kier molecular flexibility index (Phi) is 3.91. The molecule has 2 aromatic rings. The Hall–Kier alpha value is -1.52. The molecule has 1 saturated carbocycles. The fourth-order valence-corrected chi connectivity index (χ4v) is 3.44. The van der Waals surface area contributed by atoms with Crippen molar-refractivity contribution in [2.45, 2.75) is 25.3 Å². The summed E-state index contributed by atoms with van der Waals surface area (Å²) in [6, 6.07) is 10.5. The van der Waals surface area contributed by atoms with Crippen LogP contribution in [0.25, 0.3) is 0 Å². The quantitative estimate of drug-likeness (QED) is 0.821. The average molecular weight is 381 g/mol. The molecule has 1 aliphatic rings. The predicted octanol–water partition coefficient (Wildman–Crippen LogP) is 4.54. The van der Waals surface area contributed by atoms with Gasteiger partial charge in [-0.2, -0.15) is 0 Å². The van der Waals surface area contributed by atoms with Gasteiger partial charge in [-0.3, -0.25) is 4.79 Å². The number of nitrogens with one attached hydrogen (secondary N) is 1. The van der Waals surface area contributed by atoms with Gasteiger partial charge in [-0.05, 0) is 61.2 Å². The molecule has 3 rings (SSSR count). The predicted molar refractivity (Wildman–Crippen MR) is 90.4 cm³/mol. The summed E-state index contributed by atoms with van der Waals surface area (Å²) in [5.41, 5.74) is 1.96. The van der Waals surface area contributed by atoms with Gasteiger partial charge in [-0.1, -0.05) is 33.6 Å². The molecular formula is C17H15BrClNO2. The second-order valence-corrected chi connectivity index (χ2v) is 7.05. The highest BCUT2D eigenvalue weighted by atomic mass is 79.9. The lowest BCUT2D eigenvalue weighted by molar-refractivity contribution is 0.0930. The van der Waals surface area contributed by atoms with Gasteiger partial charge in [0.1, 0.15) is 5.75 Å². The van der Waals surface area contributed by atoms with Gasteiger partial charge in [-0.25, -0.2) is 0 Å². The Bertz CT molecular complexity index is 736. The number of phenols is 1. The summed E-state index contributed by atoms with van der Waals surface area (Å²) in [7, 11) is 0. The normalized spacial score (nSPS) is 15.4. The molecule has 0 spiro atoms. The molecule has 0 heterocycles. The van der Waals surface area contributed by atoms with E-state index in [9.17, 15) is 9.90 Å². The van der Waals surface area contributed by atoms with Gasteiger partial charge in [0.2, 0.25) is 0 Å². The number of benzene rings is 2. The number of halogens is 2. The summed E-state index contributed by atoms with van der Waals surface area (Å²) in [6.45, 7) is 1.85. The summed E-state index contributed by atoms with van der Waals surface area (Å²) in [6.07, 6.45) is 1.76. The lowest BCUT2D eigenvalue weighted by Gasteiger charge is -2.19. The molecule has 2 aromatic carbocycles. The Morgan fingerprint density at radius 3 is 2.64 bits per heavy atom. The molecule has 3 nitrogen and oxygen atoms in total. The van der Waals surface area contributed by atoms with E-state index in [0.29, 0.717) is 10.6 Å². The van der Waals surface area contributed by atoms with Gasteiger partial charge in [-0.15, -0.1) is 0 Å². The van der Waals surface area contributed by atoms with E-state index in [1.807, 2.05) is 25.1 Å². The van der Waals surface area contributed by atoms with Crippen LogP contribution in [0.15, 0.2) is 40.9 Å². The van der Waals surface area contributed by atoms with Crippen LogP contribution in [0.4, 0.5) is 0 Å². The molecule has 0 radical (unpaired) electrons. The van der Waals surface area contributed by atoms with Gasteiger partial charge in [0.25, 0.3) is 5.91 Å². The molecule has 2 N–H and O–H groups in total. The third kappa shape index (κ3) is 2.99. The lowest BCUT2D eigenvalue weighted by atomic mass is 10.0. The second-order valence-electron chi connectivity index (χ2n) is 5.69. The Morgan fingerprint density at radius 2 is 2.00 bits per heavy atom. The molecule has 1 aliphatic carbocycles. The zero-order valence-electron chi connectivity index (χ0n) is 12.0. The molecule has 1 amide bonds. The number of carbonyl (C=O) groups excluding carboxylic acids is 1. The molecule has 0 unspecified atom stereocenters. The van der Waals surface area contributed by atoms with E-state index in [1.165, 1.54) is 6.07 Å². The van der Waals surface area contributed by atoms with Crippen molar-refractivity contribution in [1.29, 1.82) is 0 Å². The second kappa shape index (κ2) is 5.60. The van der Waals surface area contributed by atoms with E-state index in [4.69, 9.17) is 11.6 Å². The van der Waals surface area contributed by atoms with E-state index in [-0.39, 0.29) is 17.2 Å². The third-order valence-electron chi connectivity index (χ3n) is 3.98. The molecule has 114 valence electrons. The molecule has 0 saturated heterocycles. The van der Waals surface area contributed by atoms with Crippen molar-refractivity contribution < 1.29 is 9.90 Å². The topological polar surface area (TPSA) is 49.3 Å².